The van der Waals surface area contributed by atoms with E-state index in [0.717, 1.165) is 0 Å². The van der Waals surface area contributed by atoms with Gasteiger partial charge >= 0.3 is 5.97 Å². The van der Waals surface area contributed by atoms with E-state index < -0.39 is 0 Å². The highest BCUT2D eigenvalue weighted by Gasteiger charge is 2.21. The van der Waals surface area contributed by atoms with Crippen molar-refractivity contribution in [3.63, 3.8) is 0 Å². The third-order valence-corrected chi connectivity index (χ3v) is 1.07. The highest BCUT2D eigenvalue weighted by atomic mass is 16.6. The number of esters is 1. The highest BCUT2D eigenvalue weighted by Crippen LogP contribution is 2.03. The van der Waals surface area contributed by atoms with E-state index in [1.54, 1.807) is 0 Å². The van der Waals surface area contributed by atoms with Gasteiger partial charge in [-0.25, -0.2) is 0 Å². The summed E-state index contributed by atoms with van der Waals surface area (Å²) in [5, 5.41) is 3.41. The third kappa shape index (κ3) is 1.19. The molecule has 1 heterocycles. The predicted molar refractivity (Wildman–Crippen MR) is 29.9 cm³/mol. The second-order valence-corrected chi connectivity index (χ2v) is 1.68. The molecular weight excluding hydrogens is 122 g/mol. The molecule has 0 fully saturated rings. The van der Waals surface area contributed by atoms with Crippen molar-refractivity contribution in [1.29, 1.82) is 0 Å². The Hall–Kier alpha value is -1.06. The Labute approximate surface area is 52.4 Å². The van der Waals surface area contributed by atoms with Crippen molar-refractivity contribution in [3.05, 3.63) is 0 Å². The van der Waals surface area contributed by atoms with Crippen LogP contribution in [0.2, 0.25) is 0 Å². The number of hydrogen-bond acceptors (Lipinski definition) is 4. The minimum atomic E-state index is -0.296. The summed E-state index contributed by atoms with van der Waals surface area (Å²) in [4.78, 5) is 15.2. The zero-order valence-corrected chi connectivity index (χ0v) is 5.03. The van der Waals surface area contributed by atoms with E-state index in [4.69, 9.17) is 0 Å². The molecule has 4 heteroatoms. The zero-order chi connectivity index (χ0) is 6.69. The smallest absolute Gasteiger partial charge is 0.317 e. The van der Waals surface area contributed by atoms with Crippen molar-refractivity contribution < 1.29 is 14.4 Å². The first-order chi connectivity index (χ1) is 4.34. The van der Waals surface area contributed by atoms with Gasteiger partial charge in [-0.15, -0.1) is 0 Å². The van der Waals surface area contributed by atoms with E-state index in [2.05, 4.69) is 14.7 Å². The molecule has 50 valence electrons. The molecule has 1 unspecified atom stereocenters. The van der Waals surface area contributed by atoms with Gasteiger partial charge in [0.25, 0.3) is 0 Å². The third-order valence-electron chi connectivity index (χ3n) is 1.07. The standard InChI is InChI=1S/C5H7NO3/c1-8-5(7)4-2-6-9-3-4/h2,4H,3H2,1H3. The average Bonchev–Trinajstić information content (AvgIpc) is 2.37. The molecule has 1 aliphatic heterocycles. The minimum Gasteiger partial charge on any atom is -0.468 e. The first-order valence-electron chi connectivity index (χ1n) is 2.58. The summed E-state index contributed by atoms with van der Waals surface area (Å²) in [6, 6.07) is 0. The summed E-state index contributed by atoms with van der Waals surface area (Å²) >= 11 is 0. The minimum absolute atomic E-state index is 0.295. The second kappa shape index (κ2) is 2.48. The van der Waals surface area contributed by atoms with E-state index in [-0.39, 0.29) is 11.9 Å². The highest BCUT2D eigenvalue weighted by molar-refractivity contribution is 5.90. The van der Waals surface area contributed by atoms with Crippen molar-refractivity contribution in [3.8, 4) is 0 Å². The average molecular weight is 129 g/mol. The first-order valence-corrected chi connectivity index (χ1v) is 2.58. The Morgan fingerprint density at radius 1 is 2.00 bits per heavy atom. The molecule has 0 bridgehead atoms. The van der Waals surface area contributed by atoms with Crippen LogP contribution in [0.1, 0.15) is 0 Å². The van der Waals surface area contributed by atoms with E-state index >= 15 is 0 Å². The second-order valence-electron chi connectivity index (χ2n) is 1.68. The Morgan fingerprint density at radius 3 is 3.22 bits per heavy atom. The van der Waals surface area contributed by atoms with Gasteiger partial charge in [-0.3, -0.25) is 4.79 Å². The number of nitrogens with zero attached hydrogens (tertiary/aromatic N) is 1. The summed E-state index contributed by atoms with van der Waals surface area (Å²) in [7, 11) is 1.34. The molecule has 0 N–H and O–H groups in total. The van der Waals surface area contributed by atoms with E-state index in [0.29, 0.717) is 6.61 Å². The topological polar surface area (TPSA) is 47.9 Å². The number of carbonyl (C=O) groups is 1. The Morgan fingerprint density at radius 2 is 2.78 bits per heavy atom. The monoisotopic (exact) mass is 129 g/mol. The quantitative estimate of drug-likeness (QED) is 0.460. The maximum atomic E-state index is 10.6. The summed E-state index contributed by atoms with van der Waals surface area (Å²) in [5.41, 5.74) is 0. The van der Waals surface area contributed by atoms with Crippen LogP contribution in [0, 0.1) is 5.92 Å². The number of ether oxygens (including phenoxy) is 1. The number of oxime groups is 1. The van der Waals surface area contributed by atoms with Crippen LogP contribution in [0.25, 0.3) is 0 Å². The van der Waals surface area contributed by atoms with Gasteiger partial charge in [0.05, 0.1) is 13.3 Å². The molecule has 0 saturated heterocycles. The van der Waals surface area contributed by atoms with E-state index in [9.17, 15) is 4.79 Å². The predicted octanol–water partition coefficient (Wildman–Crippen LogP) is -0.208. The lowest BCUT2D eigenvalue weighted by molar-refractivity contribution is -0.143. The molecular formula is C5H7NO3. The largest absolute Gasteiger partial charge is 0.468 e. The zero-order valence-electron chi connectivity index (χ0n) is 5.03. The summed E-state index contributed by atoms with van der Waals surface area (Å²) in [5.74, 6) is -0.591. The molecule has 0 aromatic carbocycles. The molecule has 0 radical (unpaired) electrons. The van der Waals surface area contributed by atoms with Crippen molar-refractivity contribution >= 4 is 12.2 Å². The molecule has 1 atom stereocenters. The molecule has 0 aromatic rings. The lowest BCUT2D eigenvalue weighted by Gasteiger charge is -1.99. The van der Waals surface area contributed by atoms with Crippen LogP contribution in [0.5, 0.6) is 0 Å². The van der Waals surface area contributed by atoms with Crippen LogP contribution in [0.3, 0.4) is 0 Å². The molecule has 9 heavy (non-hydrogen) atoms. The van der Waals surface area contributed by atoms with Gasteiger partial charge in [-0.05, 0) is 0 Å². The van der Waals surface area contributed by atoms with Crippen molar-refractivity contribution in [2.24, 2.45) is 11.1 Å². The lowest BCUT2D eigenvalue weighted by atomic mass is 10.2. The molecule has 0 aliphatic carbocycles. The fourth-order valence-electron chi connectivity index (χ4n) is 0.563. The summed E-state index contributed by atoms with van der Waals surface area (Å²) in [6.07, 6.45) is 1.44. The van der Waals surface area contributed by atoms with Crippen molar-refractivity contribution in [2.45, 2.75) is 0 Å². The SMILES string of the molecule is COC(=O)C1C=NOC1. The Bertz CT molecular complexity index is 143. The molecule has 4 nitrogen and oxygen atoms in total. The summed E-state index contributed by atoms with van der Waals surface area (Å²) < 4.78 is 4.42. The summed E-state index contributed by atoms with van der Waals surface area (Å²) in [6.45, 7) is 0.312. The maximum Gasteiger partial charge on any atom is 0.317 e. The van der Waals surface area contributed by atoms with Gasteiger partial charge in [0.1, 0.15) is 12.5 Å². The van der Waals surface area contributed by atoms with Gasteiger partial charge in [0, 0.05) is 0 Å². The number of rotatable bonds is 1. The maximum absolute atomic E-state index is 10.6. The molecule has 0 spiro atoms. The van der Waals surface area contributed by atoms with E-state index in [1.165, 1.54) is 13.3 Å². The van der Waals surface area contributed by atoms with Gasteiger partial charge < -0.3 is 9.57 Å². The number of hydrogen-bond donors (Lipinski definition) is 0. The van der Waals surface area contributed by atoms with Crippen LogP contribution in [-0.4, -0.2) is 25.9 Å². The Kier molecular flexibility index (Phi) is 1.67. The molecule has 0 amide bonds. The van der Waals surface area contributed by atoms with Crippen molar-refractivity contribution in [2.75, 3.05) is 13.7 Å². The van der Waals surface area contributed by atoms with Crippen molar-refractivity contribution in [1.82, 2.24) is 0 Å². The number of methoxy groups -OCH3 is 1. The molecule has 0 aromatic heterocycles. The lowest BCUT2D eigenvalue weighted by Crippen LogP contribution is -2.17. The van der Waals surface area contributed by atoms with Gasteiger partial charge in [0.15, 0.2) is 0 Å². The fraction of sp³-hybridized carbons (Fsp3) is 0.600. The van der Waals surface area contributed by atoms with Crippen LogP contribution in [0.15, 0.2) is 5.16 Å². The van der Waals surface area contributed by atoms with Crippen LogP contribution in [0.4, 0.5) is 0 Å². The van der Waals surface area contributed by atoms with Gasteiger partial charge in [-0.1, -0.05) is 5.16 Å². The van der Waals surface area contributed by atoms with E-state index in [1.807, 2.05) is 0 Å². The van der Waals surface area contributed by atoms with Crippen LogP contribution in [-0.2, 0) is 14.4 Å². The van der Waals surface area contributed by atoms with Crippen LogP contribution < -0.4 is 0 Å². The Balaban J connectivity index is 2.43. The van der Waals surface area contributed by atoms with Crippen LogP contribution >= 0.6 is 0 Å². The normalized spacial score (nSPS) is 23.4. The van der Waals surface area contributed by atoms with Gasteiger partial charge in [-0.2, -0.15) is 0 Å². The molecule has 1 aliphatic rings. The first kappa shape index (κ1) is 6.07. The van der Waals surface area contributed by atoms with Gasteiger partial charge in [0.2, 0.25) is 0 Å². The fourth-order valence-corrected chi connectivity index (χ4v) is 0.563. The number of carbonyl (C=O) groups excluding carboxylic acids is 1. The molecule has 1 rings (SSSR count). The molecule has 0 saturated carbocycles.